The summed E-state index contributed by atoms with van der Waals surface area (Å²) >= 11 is 0. The van der Waals surface area contributed by atoms with Crippen molar-refractivity contribution in [3.63, 3.8) is 0 Å². The smallest absolute Gasteiger partial charge is 0.0369 e. The van der Waals surface area contributed by atoms with E-state index in [1.807, 2.05) is 0 Å². The van der Waals surface area contributed by atoms with Gasteiger partial charge in [-0.1, -0.05) is 19.1 Å². The Balaban J connectivity index is 1.59. The fourth-order valence-electron chi connectivity index (χ4n) is 3.68. The molecule has 2 fully saturated rings. The molecule has 2 heterocycles. The third-order valence-corrected chi connectivity index (χ3v) is 4.89. The van der Waals surface area contributed by atoms with Gasteiger partial charge in [0, 0.05) is 37.9 Å². The summed E-state index contributed by atoms with van der Waals surface area (Å²) in [6.45, 7) is 11.7. The Bertz CT molecular complexity index is 438. The summed E-state index contributed by atoms with van der Waals surface area (Å²) in [5, 5.41) is 3.51. The number of piperazine rings is 1. The summed E-state index contributed by atoms with van der Waals surface area (Å²) in [5.41, 5.74) is 2.75. The Hall–Kier alpha value is -1.06. The lowest BCUT2D eigenvalue weighted by Gasteiger charge is -2.44. The first-order valence-corrected chi connectivity index (χ1v) is 8.00. The molecule has 0 radical (unpaired) electrons. The second kappa shape index (κ2) is 6.15. The minimum absolute atomic E-state index is 0.786. The van der Waals surface area contributed by atoms with E-state index in [2.05, 4.69) is 53.2 Å². The van der Waals surface area contributed by atoms with Gasteiger partial charge in [-0.2, -0.15) is 0 Å². The number of benzene rings is 1. The molecule has 3 nitrogen and oxygen atoms in total. The highest BCUT2D eigenvalue weighted by atomic mass is 15.3. The standard InChI is InChI=1S/C17H27N3/c1-14-4-3-5-16(12-14)19-8-10-20(11-9-19)17-6-7-18-13-15(17)2/h3-5,12,15,17-18H,6-11,13H2,1-2H3. The molecule has 0 amide bonds. The molecular weight excluding hydrogens is 246 g/mol. The fourth-order valence-corrected chi connectivity index (χ4v) is 3.68. The number of rotatable bonds is 2. The van der Waals surface area contributed by atoms with Crippen LogP contribution in [0.4, 0.5) is 5.69 Å². The van der Waals surface area contributed by atoms with Crippen LogP contribution in [0.25, 0.3) is 0 Å². The van der Waals surface area contributed by atoms with Gasteiger partial charge in [-0.3, -0.25) is 4.90 Å². The topological polar surface area (TPSA) is 18.5 Å². The van der Waals surface area contributed by atoms with Crippen molar-refractivity contribution in [2.75, 3.05) is 44.2 Å². The molecule has 110 valence electrons. The minimum Gasteiger partial charge on any atom is -0.369 e. The van der Waals surface area contributed by atoms with E-state index in [9.17, 15) is 0 Å². The highest BCUT2D eigenvalue weighted by molar-refractivity contribution is 5.48. The van der Waals surface area contributed by atoms with Gasteiger partial charge in [-0.15, -0.1) is 0 Å². The van der Waals surface area contributed by atoms with Gasteiger partial charge in [0.2, 0.25) is 0 Å². The van der Waals surface area contributed by atoms with Crippen LogP contribution in [0, 0.1) is 12.8 Å². The molecule has 2 unspecified atom stereocenters. The lowest BCUT2D eigenvalue weighted by molar-refractivity contribution is 0.113. The first-order chi connectivity index (χ1) is 9.74. The summed E-state index contributed by atoms with van der Waals surface area (Å²) in [6.07, 6.45) is 1.31. The first-order valence-electron chi connectivity index (χ1n) is 8.00. The van der Waals surface area contributed by atoms with E-state index < -0.39 is 0 Å². The molecule has 3 heteroatoms. The van der Waals surface area contributed by atoms with E-state index in [0.717, 1.165) is 12.0 Å². The van der Waals surface area contributed by atoms with E-state index in [0.29, 0.717) is 0 Å². The largest absolute Gasteiger partial charge is 0.369 e. The number of hydrogen-bond donors (Lipinski definition) is 1. The quantitative estimate of drug-likeness (QED) is 0.890. The number of piperidine rings is 1. The number of anilines is 1. The van der Waals surface area contributed by atoms with Gasteiger partial charge in [0.05, 0.1) is 0 Å². The van der Waals surface area contributed by atoms with Crippen molar-refractivity contribution >= 4 is 5.69 Å². The number of hydrogen-bond acceptors (Lipinski definition) is 3. The monoisotopic (exact) mass is 273 g/mol. The van der Waals surface area contributed by atoms with Crippen molar-refractivity contribution in [3.05, 3.63) is 29.8 Å². The Morgan fingerprint density at radius 3 is 2.65 bits per heavy atom. The molecule has 1 N–H and O–H groups in total. The van der Waals surface area contributed by atoms with Crippen LogP contribution < -0.4 is 10.2 Å². The van der Waals surface area contributed by atoms with Crippen LogP contribution in [0.15, 0.2) is 24.3 Å². The maximum Gasteiger partial charge on any atom is 0.0369 e. The summed E-state index contributed by atoms with van der Waals surface area (Å²) in [4.78, 5) is 5.26. The average molecular weight is 273 g/mol. The molecule has 2 atom stereocenters. The molecule has 1 aromatic rings. The van der Waals surface area contributed by atoms with Gasteiger partial charge in [-0.05, 0) is 50.0 Å². The van der Waals surface area contributed by atoms with Crippen LogP contribution in [-0.2, 0) is 0 Å². The Labute approximate surface area is 123 Å². The lowest BCUT2D eigenvalue weighted by Crippen LogP contribution is -2.55. The second-order valence-electron chi connectivity index (χ2n) is 6.40. The summed E-state index contributed by atoms with van der Waals surface area (Å²) in [7, 11) is 0. The highest BCUT2D eigenvalue weighted by Gasteiger charge is 2.29. The van der Waals surface area contributed by atoms with Crippen molar-refractivity contribution < 1.29 is 0 Å². The maximum absolute atomic E-state index is 3.51. The zero-order valence-corrected chi connectivity index (χ0v) is 12.8. The first kappa shape index (κ1) is 13.9. The zero-order valence-electron chi connectivity index (χ0n) is 12.8. The van der Waals surface area contributed by atoms with Crippen molar-refractivity contribution in [2.45, 2.75) is 26.3 Å². The molecule has 0 saturated carbocycles. The molecule has 20 heavy (non-hydrogen) atoms. The predicted octanol–water partition coefficient (Wildman–Crippen LogP) is 2.12. The number of nitrogens with one attached hydrogen (secondary N) is 1. The summed E-state index contributed by atoms with van der Waals surface area (Å²) in [5.74, 6) is 0.786. The van der Waals surface area contributed by atoms with E-state index in [1.165, 1.54) is 56.9 Å². The van der Waals surface area contributed by atoms with E-state index >= 15 is 0 Å². The van der Waals surface area contributed by atoms with Crippen molar-refractivity contribution in [1.29, 1.82) is 0 Å². The second-order valence-corrected chi connectivity index (χ2v) is 6.40. The molecule has 1 aromatic carbocycles. The third kappa shape index (κ3) is 2.99. The maximum atomic E-state index is 3.51. The van der Waals surface area contributed by atoms with Crippen LogP contribution in [0.2, 0.25) is 0 Å². The van der Waals surface area contributed by atoms with Gasteiger partial charge < -0.3 is 10.2 Å². The summed E-state index contributed by atoms with van der Waals surface area (Å²) in [6, 6.07) is 9.69. The van der Waals surface area contributed by atoms with Crippen molar-refractivity contribution in [1.82, 2.24) is 10.2 Å². The molecule has 0 aliphatic carbocycles. The molecule has 0 bridgehead atoms. The van der Waals surface area contributed by atoms with Gasteiger partial charge >= 0.3 is 0 Å². The molecule has 2 saturated heterocycles. The van der Waals surface area contributed by atoms with Crippen LogP contribution in [0.5, 0.6) is 0 Å². The Morgan fingerprint density at radius 2 is 1.95 bits per heavy atom. The summed E-state index contributed by atoms with van der Waals surface area (Å²) < 4.78 is 0. The van der Waals surface area contributed by atoms with Crippen LogP contribution >= 0.6 is 0 Å². The average Bonchev–Trinajstić information content (AvgIpc) is 2.48. The molecular formula is C17H27N3. The van der Waals surface area contributed by atoms with Crippen LogP contribution in [0.3, 0.4) is 0 Å². The molecule has 2 aliphatic rings. The van der Waals surface area contributed by atoms with Crippen molar-refractivity contribution in [3.8, 4) is 0 Å². The number of nitrogens with zero attached hydrogens (tertiary/aromatic N) is 2. The molecule has 3 rings (SSSR count). The van der Waals surface area contributed by atoms with Gasteiger partial charge in [0.1, 0.15) is 0 Å². The van der Waals surface area contributed by atoms with Crippen LogP contribution in [-0.4, -0.2) is 50.2 Å². The van der Waals surface area contributed by atoms with Gasteiger partial charge in [0.15, 0.2) is 0 Å². The van der Waals surface area contributed by atoms with Crippen molar-refractivity contribution in [2.24, 2.45) is 5.92 Å². The highest BCUT2D eigenvalue weighted by Crippen LogP contribution is 2.22. The zero-order chi connectivity index (χ0) is 13.9. The van der Waals surface area contributed by atoms with Crippen LogP contribution in [0.1, 0.15) is 18.9 Å². The molecule has 2 aliphatic heterocycles. The van der Waals surface area contributed by atoms with E-state index in [4.69, 9.17) is 0 Å². The van der Waals surface area contributed by atoms with Gasteiger partial charge in [-0.25, -0.2) is 0 Å². The number of aryl methyl sites for hydroxylation is 1. The Morgan fingerprint density at radius 1 is 1.15 bits per heavy atom. The van der Waals surface area contributed by atoms with Gasteiger partial charge in [0.25, 0.3) is 0 Å². The Kier molecular flexibility index (Phi) is 4.27. The predicted molar refractivity (Wildman–Crippen MR) is 85.4 cm³/mol. The van der Waals surface area contributed by atoms with E-state index in [-0.39, 0.29) is 0 Å². The molecule has 0 spiro atoms. The normalized spacial score (nSPS) is 28.6. The minimum atomic E-state index is 0.786. The van der Waals surface area contributed by atoms with E-state index in [1.54, 1.807) is 0 Å². The lowest BCUT2D eigenvalue weighted by atomic mass is 9.93. The SMILES string of the molecule is Cc1cccc(N2CCN(C3CCNCC3C)CC2)c1. The third-order valence-electron chi connectivity index (χ3n) is 4.89. The molecule has 0 aromatic heterocycles. The fraction of sp³-hybridized carbons (Fsp3) is 0.647.